The van der Waals surface area contributed by atoms with Crippen molar-refractivity contribution in [2.45, 2.75) is 78.6 Å². The maximum absolute atomic E-state index is 11.1. The van der Waals surface area contributed by atoms with E-state index in [9.17, 15) is 8.92 Å². The summed E-state index contributed by atoms with van der Waals surface area (Å²) in [6, 6.07) is 0. The van der Waals surface area contributed by atoms with Crippen LogP contribution in [0.4, 0.5) is 8.92 Å². The van der Waals surface area contributed by atoms with Crippen molar-refractivity contribution < 1.29 is 83.8 Å². The Bertz CT molecular complexity index is 163. The van der Waals surface area contributed by atoms with Gasteiger partial charge < -0.3 is 9.19 Å². The molecule has 0 saturated heterocycles. The summed E-state index contributed by atoms with van der Waals surface area (Å²) in [5, 5.41) is 0. The number of rotatable bonds is 1. The van der Waals surface area contributed by atoms with E-state index in [-0.39, 0.29) is 83.0 Å². The molecule has 0 rings (SSSR count). The van der Waals surface area contributed by atoms with Crippen LogP contribution in [0.3, 0.4) is 0 Å². The van der Waals surface area contributed by atoms with Crippen molar-refractivity contribution >= 4 is 34.2 Å². The SMILES string of the molecule is C[Si](C)(C)O.C[Si](C)(C)OF.C[Si](C)C.C[Si](C)C.[CH2-]F.[Y].[Y]. The molecular formula is C13H39F2O2Si4Y2-. The summed E-state index contributed by atoms with van der Waals surface area (Å²) in [4.78, 5) is 8.66. The van der Waals surface area contributed by atoms with Crippen LogP contribution >= 0.6 is 0 Å². The molecule has 0 fully saturated rings. The van der Waals surface area contributed by atoms with Gasteiger partial charge in [0.15, 0.2) is 8.32 Å². The average molecular weight is 556 g/mol. The maximum atomic E-state index is 11.1. The van der Waals surface area contributed by atoms with Crippen molar-refractivity contribution in [3.8, 4) is 0 Å². The summed E-state index contributed by atoms with van der Waals surface area (Å²) in [5.41, 5.74) is 0. The Morgan fingerprint density at radius 1 is 0.739 bits per heavy atom. The van der Waals surface area contributed by atoms with Gasteiger partial charge in [0.05, 0.1) is 0 Å². The van der Waals surface area contributed by atoms with Gasteiger partial charge in [0.1, 0.15) is 0 Å². The predicted octanol–water partition coefficient (Wildman–Crippen LogP) is 6.02. The van der Waals surface area contributed by atoms with E-state index in [1.165, 1.54) is 0 Å². The quantitative estimate of drug-likeness (QED) is 0.317. The number of halogens is 2. The molecule has 23 heavy (non-hydrogen) atoms. The van der Waals surface area contributed by atoms with E-state index in [2.05, 4.69) is 43.9 Å². The zero-order valence-electron chi connectivity index (χ0n) is 17.5. The molecule has 0 amide bonds. The van der Waals surface area contributed by atoms with Crippen LogP contribution < -0.4 is 0 Å². The summed E-state index contributed by atoms with van der Waals surface area (Å²) >= 11 is 0. The standard InChI is InChI=1S/C3H9FOSi.C3H10OSi.2C3H9Si.CH2F.2Y/c1-6(2,3)5-4;1-5(2,3)4;2*1-4(2)3;1-2;;/h1-3H3;4H,1-3H3;2*1-3H3;1H2;;/q;;;;-1;;. The molecule has 0 heterocycles. The first kappa shape index (κ1) is 44.9. The van der Waals surface area contributed by atoms with Crippen molar-refractivity contribution in [1.29, 1.82) is 0 Å². The van der Waals surface area contributed by atoms with Crippen molar-refractivity contribution in [3.05, 3.63) is 7.18 Å². The van der Waals surface area contributed by atoms with Crippen LogP contribution in [-0.2, 0) is 70.0 Å². The van der Waals surface area contributed by atoms with E-state index < -0.39 is 16.6 Å². The topological polar surface area (TPSA) is 29.5 Å². The summed E-state index contributed by atoms with van der Waals surface area (Å²) in [6.07, 6.45) is 0. The molecule has 0 aromatic carbocycles. The second kappa shape index (κ2) is 29.6. The molecule has 0 aromatic heterocycles. The van der Waals surface area contributed by atoms with Crippen molar-refractivity contribution in [1.82, 2.24) is 0 Å². The Hall–Kier alpha value is 2.86. The first-order chi connectivity index (χ1) is 9.02. The summed E-state index contributed by atoms with van der Waals surface area (Å²) in [7, 11) is -1.42. The average Bonchev–Trinajstić information content (AvgIpc) is 2.15. The molecule has 0 spiro atoms. The van der Waals surface area contributed by atoms with E-state index >= 15 is 0 Å². The minimum atomic E-state index is -1.80. The van der Waals surface area contributed by atoms with Crippen molar-refractivity contribution in [2.24, 2.45) is 0 Å². The normalized spacial score (nSPS) is 9.13. The molecule has 10 heteroatoms. The van der Waals surface area contributed by atoms with Gasteiger partial charge in [0.2, 0.25) is 8.32 Å². The van der Waals surface area contributed by atoms with E-state index in [0.29, 0.717) is 0 Å². The van der Waals surface area contributed by atoms with E-state index in [1.54, 1.807) is 26.8 Å². The Morgan fingerprint density at radius 3 is 0.783 bits per heavy atom. The molecule has 0 aliphatic rings. The molecule has 2 nitrogen and oxygen atoms in total. The fourth-order valence-corrected chi connectivity index (χ4v) is 0. The van der Waals surface area contributed by atoms with Gasteiger partial charge in [-0.2, -0.15) is 7.18 Å². The molecule has 0 aromatic rings. The molecule has 0 aliphatic carbocycles. The second-order valence-corrected chi connectivity index (χ2v) is 22.1. The van der Waals surface area contributed by atoms with Gasteiger partial charge in [0, 0.05) is 83.0 Å². The van der Waals surface area contributed by atoms with E-state index in [4.69, 9.17) is 4.80 Å². The van der Waals surface area contributed by atoms with Crippen LogP contribution in [0.2, 0.25) is 78.6 Å². The second-order valence-electron chi connectivity index (χ2n) is 7.36. The Balaban J connectivity index is -0.0000000282. The number of hydrogen-bond acceptors (Lipinski definition) is 2. The van der Waals surface area contributed by atoms with Crippen molar-refractivity contribution in [2.75, 3.05) is 0 Å². The summed E-state index contributed by atoms with van der Waals surface area (Å²) in [5.74, 6) is 0. The largest absolute Gasteiger partial charge is 0.463 e. The van der Waals surface area contributed by atoms with Gasteiger partial charge in [-0.25, -0.2) is 4.63 Å². The zero-order chi connectivity index (χ0) is 18.9. The molecule has 0 saturated carbocycles. The smallest absolute Gasteiger partial charge is 0.237 e. The van der Waals surface area contributed by atoms with Gasteiger partial charge in [-0.1, -0.05) is 43.8 Å². The Morgan fingerprint density at radius 2 is 0.783 bits per heavy atom. The van der Waals surface area contributed by atoms with Crippen LogP contribution in [-0.4, -0.2) is 39.0 Å². The van der Waals surface area contributed by atoms with E-state index in [1.807, 2.05) is 19.6 Å². The van der Waals surface area contributed by atoms with Crippen LogP contribution in [0.15, 0.2) is 0 Å². The molecule has 0 bridgehead atoms. The molecule has 0 unspecified atom stereocenters. The molecule has 4 radical (unpaired) electrons. The minimum absolute atomic E-state index is 0. The third-order valence-corrected chi connectivity index (χ3v) is 0.694. The Labute approximate surface area is 201 Å². The van der Waals surface area contributed by atoms with Crippen LogP contribution in [0.25, 0.3) is 0 Å². The Kier molecular flexibility index (Phi) is 57.8. The zero-order valence-corrected chi connectivity index (χ0v) is 27.1. The maximum Gasteiger partial charge on any atom is 0.237 e. The first-order valence-electron chi connectivity index (χ1n) is 6.85. The molecular weight excluding hydrogens is 516 g/mol. The van der Waals surface area contributed by atoms with Gasteiger partial charge in [0.25, 0.3) is 0 Å². The van der Waals surface area contributed by atoms with Gasteiger partial charge >= 0.3 is 0 Å². The van der Waals surface area contributed by atoms with Crippen LogP contribution in [0, 0.1) is 7.18 Å². The van der Waals surface area contributed by atoms with Gasteiger partial charge in [-0.15, -0.1) is 0 Å². The molecule has 1 N–H and O–H groups in total. The molecule has 140 valence electrons. The monoisotopic (exact) mass is 555 g/mol. The number of hydrogen-bond donors (Lipinski definition) is 1. The first-order valence-corrected chi connectivity index (χ1v) is 19.7. The van der Waals surface area contributed by atoms with E-state index in [0.717, 1.165) is 0 Å². The predicted molar refractivity (Wildman–Crippen MR) is 104 cm³/mol. The fraction of sp³-hybridized carbons (Fsp3) is 0.923. The molecule has 0 atom stereocenters. The van der Waals surface area contributed by atoms with Crippen LogP contribution in [0.1, 0.15) is 0 Å². The van der Waals surface area contributed by atoms with Gasteiger partial charge in [-0.05, 0) is 39.3 Å². The summed E-state index contributed by atoms with van der Waals surface area (Å²) < 4.78 is 23.9. The van der Waals surface area contributed by atoms with Crippen molar-refractivity contribution in [3.63, 3.8) is 0 Å². The van der Waals surface area contributed by atoms with Gasteiger partial charge in [-0.3, -0.25) is 0 Å². The fourth-order valence-electron chi connectivity index (χ4n) is 0. The third-order valence-electron chi connectivity index (χ3n) is 0.231. The minimum Gasteiger partial charge on any atom is -0.463 e. The summed E-state index contributed by atoms with van der Waals surface area (Å²) in [6.45, 7) is 24.6. The molecule has 0 aliphatic heterocycles. The third kappa shape index (κ3) is 379. The van der Waals surface area contributed by atoms with Crippen LogP contribution in [0.5, 0.6) is 0 Å².